The van der Waals surface area contributed by atoms with Gasteiger partial charge in [0, 0.05) is 18.3 Å². The summed E-state index contributed by atoms with van der Waals surface area (Å²) in [4.78, 5) is 17.3. The maximum atomic E-state index is 9.79. The van der Waals surface area contributed by atoms with Gasteiger partial charge in [0.05, 0.1) is 7.11 Å². The molecule has 0 saturated carbocycles. The number of aromatic nitrogens is 2. The van der Waals surface area contributed by atoms with Crippen molar-refractivity contribution in [3.05, 3.63) is 30.7 Å². The van der Waals surface area contributed by atoms with Gasteiger partial charge in [0.2, 0.25) is 5.88 Å². The summed E-state index contributed by atoms with van der Waals surface area (Å²) >= 11 is 0. The number of methoxy groups -OCH3 is 1. The SMILES string of the molecule is CCCC=CC(=O)O.COc1ccncn1. The van der Waals surface area contributed by atoms with Crippen molar-refractivity contribution in [3.8, 4) is 5.88 Å². The molecule has 1 N–H and O–H groups in total. The van der Waals surface area contributed by atoms with E-state index in [-0.39, 0.29) is 0 Å². The quantitative estimate of drug-likeness (QED) is 0.791. The molecule has 1 aromatic heterocycles. The van der Waals surface area contributed by atoms with E-state index in [1.54, 1.807) is 25.4 Å². The largest absolute Gasteiger partial charge is 0.481 e. The van der Waals surface area contributed by atoms with Crippen LogP contribution in [0.3, 0.4) is 0 Å². The van der Waals surface area contributed by atoms with E-state index in [2.05, 4.69) is 9.97 Å². The topological polar surface area (TPSA) is 72.3 Å². The van der Waals surface area contributed by atoms with Gasteiger partial charge in [0.25, 0.3) is 0 Å². The first kappa shape index (κ1) is 14.1. The van der Waals surface area contributed by atoms with E-state index in [0.29, 0.717) is 5.88 Å². The van der Waals surface area contributed by atoms with Crippen molar-refractivity contribution in [1.82, 2.24) is 9.97 Å². The van der Waals surface area contributed by atoms with Crippen molar-refractivity contribution < 1.29 is 14.6 Å². The average Bonchev–Trinajstić information content (AvgIpc) is 2.31. The van der Waals surface area contributed by atoms with Gasteiger partial charge in [-0.2, -0.15) is 0 Å². The monoisotopic (exact) mass is 224 g/mol. The van der Waals surface area contributed by atoms with Crippen LogP contribution in [0, 0.1) is 0 Å². The Morgan fingerprint density at radius 3 is 2.75 bits per heavy atom. The lowest BCUT2D eigenvalue weighted by Gasteiger charge is -1.91. The highest BCUT2D eigenvalue weighted by Crippen LogP contribution is 1.97. The number of carboxylic acid groups (broad SMARTS) is 1. The Labute approximate surface area is 94.8 Å². The fraction of sp³-hybridized carbons (Fsp3) is 0.364. The fourth-order valence-corrected chi connectivity index (χ4v) is 0.750. The lowest BCUT2D eigenvalue weighted by atomic mass is 10.3. The zero-order valence-corrected chi connectivity index (χ0v) is 9.46. The third kappa shape index (κ3) is 8.68. The second-order valence-corrected chi connectivity index (χ2v) is 2.78. The number of carboxylic acids is 1. The summed E-state index contributed by atoms with van der Waals surface area (Å²) in [7, 11) is 1.57. The smallest absolute Gasteiger partial charge is 0.327 e. The molecule has 1 rings (SSSR count). The summed E-state index contributed by atoms with van der Waals surface area (Å²) in [5, 5.41) is 8.05. The van der Waals surface area contributed by atoms with E-state index in [4.69, 9.17) is 9.84 Å². The minimum absolute atomic E-state index is 0.597. The molecule has 0 aliphatic carbocycles. The molecule has 0 atom stereocenters. The zero-order chi connectivity index (χ0) is 12.2. The molecule has 0 radical (unpaired) electrons. The van der Waals surface area contributed by atoms with Crippen LogP contribution < -0.4 is 4.74 Å². The second-order valence-electron chi connectivity index (χ2n) is 2.78. The van der Waals surface area contributed by atoms with Gasteiger partial charge in [-0.05, 0) is 6.42 Å². The number of hydrogen-bond donors (Lipinski definition) is 1. The van der Waals surface area contributed by atoms with Crippen LogP contribution >= 0.6 is 0 Å². The van der Waals surface area contributed by atoms with Gasteiger partial charge in [0.1, 0.15) is 6.33 Å². The number of ether oxygens (including phenoxy) is 1. The first-order valence-electron chi connectivity index (χ1n) is 4.90. The van der Waals surface area contributed by atoms with Crippen molar-refractivity contribution in [2.75, 3.05) is 7.11 Å². The minimum Gasteiger partial charge on any atom is -0.481 e. The third-order valence-corrected chi connectivity index (χ3v) is 1.48. The third-order valence-electron chi connectivity index (χ3n) is 1.48. The van der Waals surface area contributed by atoms with Crippen LogP contribution in [0.15, 0.2) is 30.7 Å². The van der Waals surface area contributed by atoms with Crippen LogP contribution in [0.4, 0.5) is 0 Å². The number of carbonyl (C=O) groups is 1. The zero-order valence-electron chi connectivity index (χ0n) is 9.46. The highest BCUT2D eigenvalue weighted by atomic mass is 16.5. The highest BCUT2D eigenvalue weighted by molar-refractivity contribution is 5.79. The fourth-order valence-electron chi connectivity index (χ4n) is 0.750. The number of allylic oxidation sites excluding steroid dienone is 1. The number of unbranched alkanes of at least 4 members (excludes halogenated alkanes) is 1. The summed E-state index contributed by atoms with van der Waals surface area (Å²) in [5.41, 5.74) is 0. The predicted octanol–water partition coefficient (Wildman–Crippen LogP) is 1.91. The molecular weight excluding hydrogens is 208 g/mol. The van der Waals surface area contributed by atoms with Crippen molar-refractivity contribution in [2.24, 2.45) is 0 Å². The molecule has 5 nitrogen and oxygen atoms in total. The summed E-state index contributed by atoms with van der Waals surface area (Å²) in [6, 6.07) is 1.69. The van der Waals surface area contributed by atoms with Crippen LogP contribution in [0.1, 0.15) is 19.8 Å². The second kappa shape index (κ2) is 9.64. The van der Waals surface area contributed by atoms with Crippen LogP contribution in [-0.4, -0.2) is 28.2 Å². The van der Waals surface area contributed by atoms with Gasteiger partial charge in [-0.15, -0.1) is 0 Å². The molecule has 0 amide bonds. The van der Waals surface area contributed by atoms with Crippen LogP contribution in [0.25, 0.3) is 0 Å². The number of rotatable bonds is 4. The van der Waals surface area contributed by atoms with Gasteiger partial charge in [-0.1, -0.05) is 19.4 Å². The molecule has 5 heteroatoms. The Bertz CT molecular complexity index is 312. The normalized spacial score (nSPS) is 9.38. The van der Waals surface area contributed by atoms with Gasteiger partial charge in [0.15, 0.2) is 0 Å². The van der Waals surface area contributed by atoms with Crippen molar-refractivity contribution in [3.63, 3.8) is 0 Å². The maximum absolute atomic E-state index is 9.79. The lowest BCUT2D eigenvalue weighted by molar-refractivity contribution is -0.131. The molecule has 1 aromatic rings. The molecule has 0 saturated heterocycles. The van der Waals surface area contributed by atoms with Gasteiger partial charge < -0.3 is 9.84 Å². The molecule has 0 fully saturated rings. The van der Waals surface area contributed by atoms with Crippen LogP contribution in [-0.2, 0) is 4.79 Å². The lowest BCUT2D eigenvalue weighted by Crippen LogP contribution is -1.85. The Kier molecular flexibility index (Phi) is 8.49. The maximum Gasteiger partial charge on any atom is 0.327 e. The molecule has 88 valence electrons. The van der Waals surface area contributed by atoms with Crippen LogP contribution in [0.5, 0.6) is 5.88 Å². The van der Waals surface area contributed by atoms with E-state index in [0.717, 1.165) is 12.8 Å². The van der Waals surface area contributed by atoms with E-state index in [1.807, 2.05) is 6.92 Å². The van der Waals surface area contributed by atoms with E-state index >= 15 is 0 Å². The molecule has 0 bridgehead atoms. The van der Waals surface area contributed by atoms with Crippen molar-refractivity contribution in [2.45, 2.75) is 19.8 Å². The average molecular weight is 224 g/mol. The number of hydrogen-bond acceptors (Lipinski definition) is 4. The standard InChI is InChI=1S/C6H10O2.C5H6N2O/c1-2-3-4-5-6(7)8;1-8-5-2-3-6-4-7-5/h4-5H,2-3H2,1H3,(H,7,8);2-4H,1H3. The molecule has 0 aliphatic rings. The number of nitrogens with zero attached hydrogens (tertiary/aromatic N) is 2. The van der Waals surface area contributed by atoms with E-state index < -0.39 is 5.97 Å². The van der Waals surface area contributed by atoms with Crippen molar-refractivity contribution in [1.29, 1.82) is 0 Å². The molecule has 1 heterocycles. The Morgan fingerprint density at radius 2 is 2.38 bits per heavy atom. The summed E-state index contributed by atoms with van der Waals surface area (Å²) in [5.74, 6) is -0.265. The molecule has 0 spiro atoms. The molecule has 0 aliphatic heterocycles. The van der Waals surface area contributed by atoms with E-state index in [9.17, 15) is 4.79 Å². The first-order chi connectivity index (χ1) is 7.70. The first-order valence-corrected chi connectivity index (χ1v) is 4.90. The van der Waals surface area contributed by atoms with Gasteiger partial charge in [-0.25, -0.2) is 14.8 Å². The number of aliphatic carboxylic acids is 1. The molecular formula is C11H16N2O3. The molecule has 0 aromatic carbocycles. The van der Waals surface area contributed by atoms with E-state index in [1.165, 1.54) is 12.4 Å². The summed E-state index contributed by atoms with van der Waals surface area (Å²) in [6.07, 6.45) is 7.76. The minimum atomic E-state index is -0.863. The Hall–Kier alpha value is -1.91. The summed E-state index contributed by atoms with van der Waals surface area (Å²) < 4.78 is 4.76. The predicted molar refractivity (Wildman–Crippen MR) is 60.3 cm³/mol. The Balaban J connectivity index is 0.000000281. The molecule has 16 heavy (non-hydrogen) atoms. The van der Waals surface area contributed by atoms with Gasteiger partial charge >= 0.3 is 5.97 Å². The summed E-state index contributed by atoms with van der Waals surface area (Å²) in [6.45, 7) is 2.01. The van der Waals surface area contributed by atoms with Crippen molar-refractivity contribution >= 4 is 5.97 Å². The highest BCUT2D eigenvalue weighted by Gasteiger charge is 1.83. The van der Waals surface area contributed by atoms with Gasteiger partial charge in [-0.3, -0.25) is 0 Å². The molecule has 0 unspecified atom stereocenters. The van der Waals surface area contributed by atoms with Crippen LogP contribution in [0.2, 0.25) is 0 Å². The Morgan fingerprint density at radius 1 is 1.62 bits per heavy atom.